The maximum Gasteiger partial charge on any atom is 0.144 e. The first-order valence-electron chi connectivity index (χ1n) is 14.6. The number of furan rings is 1. The Labute approximate surface area is 240 Å². The summed E-state index contributed by atoms with van der Waals surface area (Å²) in [4.78, 5) is 10.3. The van der Waals surface area contributed by atoms with Crippen LogP contribution in [0.15, 0.2) is 95.4 Å². The molecule has 0 amide bonds. The van der Waals surface area contributed by atoms with E-state index in [1.54, 1.807) is 0 Å². The number of rotatable bonds is 5. The van der Waals surface area contributed by atoms with E-state index in [2.05, 4.69) is 120 Å². The van der Waals surface area contributed by atoms with Crippen molar-refractivity contribution in [2.75, 3.05) is 0 Å². The lowest BCUT2D eigenvalue weighted by atomic mass is 9.93. The zero-order valence-corrected chi connectivity index (χ0v) is 24.3. The van der Waals surface area contributed by atoms with Crippen LogP contribution in [0.1, 0.15) is 50.6 Å². The lowest BCUT2D eigenvalue weighted by Gasteiger charge is -2.15. The van der Waals surface area contributed by atoms with Crippen LogP contribution in [0, 0.1) is 12.8 Å². The van der Waals surface area contributed by atoms with Crippen LogP contribution in [-0.2, 0) is 6.42 Å². The van der Waals surface area contributed by atoms with Crippen LogP contribution >= 0.6 is 0 Å². The van der Waals surface area contributed by atoms with Gasteiger partial charge in [-0.3, -0.25) is 0 Å². The predicted molar refractivity (Wildman–Crippen MR) is 173 cm³/mol. The number of aromatic nitrogens is 2. The van der Waals surface area contributed by atoms with Gasteiger partial charge in [0.25, 0.3) is 0 Å². The van der Waals surface area contributed by atoms with Crippen LogP contribution in [0.2, 0.25) is 0 Å². The van der Waals surface area contributed by atoms with Gasteiger partial charge in [-0.2, -0.15) is 0 Å². The van der Waals surface area contributed by atoms with Crippen molar-refractivity contribution >= 4 is 43.6 Å². The van der Waals surface area contributed by atoms with Crippen LogP contribution in [0.5, 0.6) is 0 Å². The van der Waals surface area contributed by atoms with E-state index in [0.717, 1.165) is 61.9 Å². The molecule has 0 atom stereocenters. The molecule has 0 spiro atoms. The first kappa shape index (κ1) is 25.5. The predicted octanol–water partition coefficient (Wildman–Crippen LogP) is 10.6. The fraction of sp³-hybridized carbons (Fsp3) is 0.211. The van der Waals surface area contributed by atoms with Gasteiger partial charge in [-0.15, -0.1) is 0 Å². The summed E-state index contributed by atoms with van der Waals surface area (Å²) in [5.74, 6) is 1.66. The van der Waals surface area contributed by atoms with Gasteiger partial charge in [0.2, 0.25) is 0 Å². The summed E-state index contributed by atoms with van der Waals surface area (Å²) in [6, 6.07) is 32.5. The second-order valence-corrected chi connectivity index (χ2v) is 12.0. The Kier molecular flexibility index (Phi) is 6.12. The molecule has 2 heterocycles. The van der Waals surface area contributed by atoms with Gasteiger partial charge in [0.05, 0.1) is 11.2 Å². The van der Waals surface area contributed by atoms with Crippen molar-refractivity contribution in [1.82, 2.24) is 9.97 Å². The second kappa shape index (κ2) is 9.85. The van der Waals surface area contributed by atoms with Gasteiger partial charge in [-0.1, -0.05) is 94.4 Å². The number of nitrogens with zero attached hydrogens (tertiary/aromatic N) is 2. The maximum atomic E-state index is 6.65. The molecule has 5 aromatic carbocycles. The highest BCUT2D eigenvalue weighted by Gasteiger charge is 2.20. The van der Waals surface area contributed by atoms with Gasteiger partial charge in [0.1, 0.15) is 17.0 Å². The molecule has 7 rings (SSSR count). The van der Waals surface area contributed by atoms with Crippen molar-refractivity contribution in [1.29, 1.82) is 0 Å². The fourth-order valence-corrected chi connectivity index (χ4v) is 6.20. The zero-order valence-electron chi connectivity index (χ0n) is 24.3. The minimum Gasteiger partial charge on any atom is -0.455 e. The van der Waals surface area contributed by atoms with E-state index in [-0.39, 0.29) is 5.92 Å². The molecule has 202 valence electrons. The molecule has 0 N–H and O–H groups in total. The molecule has 3 heteroatoms. The molecule has 41 heavy (non-hydrogen) atoms. The van der Waals surface area contributed by atoms with E-state index in [1.807, 2.05) is 6.07 Å². The molecular formula is C38H34N2O. The lowest BCUT2D eigenvalue weighted by molar-refractivity contribution is 0.647. The second-order valence-electron chi connectivity index (χ2n) is 12.0. The largest absolute Gasteiger partial charge is 0.455 e. The first-order chi connectivity index (χ1) is 19.9. The molecule has 7 aromatic rings. The van der Waals surface area contributed by atoms with Crippen LogP contribution in [0.25, 0.3) is 66.0 Å². The number of hydrogen-bond acceptors (Lipinski definition) is 3. The third kappa shape index (κ3) is 4.37. The van der Waals surface area contributed by atoms with Gasteiger partial charge >= 0.3 is 0 Å². The summed E-state index contributed by atoms with van der Waals surface area (Å²) in [7, 11) is 0. The monoisotopic (exact) mass is 534 g/mol. The number of benzene rings is 5. The molecule has 0 saturated heterocycles. The standard InChI is InChI=1S/C38H34N2O/c1-22(2)18-25-19-24(5)34-28(20-25)15-17-31-35(39-38(23(3)4)40-36(31)34)32-13-9-12-30-29-16-14-27(21-33(29)41-37(30)32)26-10-7-6-8-11-26/h6-17,19-23H,18H2,1-5H3. The van der Waals surface area contributed by atoms with Crippen molar-refractivity contribution in [2.45, 2.75) is 47.0 Å². The van der Waals surface area contributed by atoms with E-state index in [9.17, 15) is 0 Å². The number of aryl methyl sites for hydroxylation is 1. The van der Waals surface area contributed by atoms with E-state index < -0.39 is 0 Å². The Balaban J connectivity index is 1.49. The number of fused-ring (bicyclic) bond motifs is 6. The number of hydrogen-bond donors (Lipinski definition) is 0. The highest BCUT2D eigenvalue weighted by molar-refractivity contribution is 6.15. The Bertz CT molecular complexity index is 2080. The van der Waals surface area contributed by atoms with Crippen molar-refractivity contribution in [3.63, 3.8) is 0 Å². The van der Waals surface area contributed by atoms with Crippen LogP contribution in [-0.4, -0.2) is 9.97 Å². The first-order valence-corrected chi connectivity index (χ1v) is 14.6. The van der Waals surface area contributed by atoms with Gasteiger partial charge in [0.15, 0.2) is 0 Å². The van der Waals surface area contributed by atoms with Crippen molar-refractivity contribution < 1.29 is 4.42 Å². The van der Waals surface area contributed by atoms with Crippen molar-refractivity contribution in [3.8, 4) is 22.4 Å². The van der Waals surface area contributed by atoms with E-state index in [1.165, 1.54) is 27.5 Å². The molecule has 0 unspecified atom stereocenters. The maximum absolute atomic E-state index is 6.65. The summed E-state index contributed by atoms with van der Waals surface area (Å²) in [5, 5.41) is 5.72. The van der Waals surface area contributed by atoms with Crippen LogP contribution in [0.3, 0.4) is 0 Å². The molecule has 0 bridgehead atoms. The topological polar surface area (TPSA) is 38.9 Å². The molecule has 0 fully saturated rings. The normalized spacial score (nSPS) is 12.1. The Morgan fingerprint density at radius 1 is 0.707 bits per heavy atom. The Morgan fingerprint density at radius 2 is 1.51 bits per heavy atom. The minimum absolute atomic E-state index is 0.192. The van der Waals surface area contributed by atoms with E-state index >= 15 is 0 Å². The molecule has 2 aromatic heterocycles. The lowest BCUT2D eigenvalue weighted by Crippen LogP contribution is -2.02. The Morgan fingerprint density at radius 3 is 2.29 bits per heavy atom. The van der Waals surface area contributed by atoms with Crippen molar-refractivity contribution in [3.05, 3.63) is 108 Å². The van der Waals surface area contributed by atoms with Gasteiger partial charge in [-0.25, -0.2) is 9.97 Å². The third-order valence-electron chi connectivity index (χ3n) is 8.08. The van der Waals surface area contributed by atoms with Gasteiger partial charge in [0, 0.05) is 33.0 Å². The van der Waals surface area contributed by atoms with E-state index in [4.69, 9.17) is 14.4 Å². The summed E-state index contributed by atoms with van der Waals surface area (Å²) >= 11 is 0. The molecule has 0 aliphatic rings. The summed E-state index contributed by atoms with van der Waals surface area (Å²) < 4.78 is 6.65. The fourth-order valence-electron chi connectivity index (χ4n) is 6.20. The molecule has 3 nitrogen and oxygen atoms in total. The highest BCUT2D eigenvalue weighted by atomic mass is 16.3. The highest BCUT2D eigenvalue weighted by Crippen LogP contribution is 2.40. The average Bonchev–Trinajstić information content (AvgIpc) is 3.34. The SMILES string of the molecule is Cc1cc(CC(C)C)cc2ccc3c(-c4cccc5c4oc4cc(-c6ccccc6)ccc45)nc(C(C)C)nc3c12. The van der Waals surface area contributed by atoms with Crippen molar-refractivity contribution in [2.24, 2.45) is 5.92 Å². The van der Waals surface area contributed by atoms with E-state index in [0.29, 0.717) is 5.92 Å². The number of para-hydroxylation sites is 1. The smallest absolute Gasteiger partial charge is 0.144 e. The quantitative estimate of drug-likeness (QED) is 0.206. The average molecular weight is 535 g/mol. The molecular weight excluding hydrogens is 500 g/mol. The minimum atomic E-state index is 0.192. The summed E-state index contributed by atoms with van der Waals surface area (Å²) in [5.41, 5.74) is 9.67. The summed E-state index contributed by atoms with van der Waals surface area (Å²) in [6.07, 6.45) is 1.07. The zero-order chi connectivity index (χ0) is 28.2. The molecule has 0 saturated carbocycles. The van der Waals surface area contributed by atoms with Gasteiger partial charge < -0.3 is 4.42 Å². The van der Waals surface area contributed by atoms with Crippen LogP contribution < -0.4 is 0 Å². The molecule has 0 radical (unpaired) electrons. The summed E-state index contributed by atoms with van der Waals surface area (Å²) in [6.45, 7) is 11.1. The van der Waals surface area contributed by atoms with Gasteiger partial charge in [-0.05, 0) is 71.2 Å². The molecule has 0 aliphatic heterocycles. The van der Waals surface area contributed by atoms with Crippen LogP contribution in [0.4, 0.5) is 0 Å². The molecule has 0 aliphatic carbocycles. The third-order valence-corrected chi connectivity index (χ3v) is 8.08. The Hall–Kier alpha value is -4.50.